The number of rotatable bonds is 3. The van der Waals surface area contributed by atoms with E-state index in [1.165, 1.54) is 18.7 Å². The summed E-state index contributed by atoms with van der Waals surface area (Å²) in [6, 6.07) is 1.42. The van der Waals surface area contributed by atoms with Crippen molar-refractivity contribution in [2.24, 2.45) is 5.92 Å². The van der Waals surface area contributed by atoms with Crippen molar-refractivity contribution in [1.29, 1.82) is 0 Å². The highest BCUT2D eigenvalue weighted by molar-refractivity contribution is 5.92. The molecule has 102 valence electrons. The number of pyridine rings is 1. The summed E-state index contributed by atoms with van der Waals surface area (Å²) in [6.45, 7) is 1.70. The van der Waals surface area contributed by atoms with Gasteiger partial charge in [0.05, 0.1) is 4.92 Å². The molecule has 1 N–H and O–H groups in total. The van der Waals surface area contributed by atoms with Gasteiger partial charge in [0.25, 0.3) is 5.69 Å². The van der Waals surface area contributed by atoms with Gasteiger partial charge < -0.3 is 5.32 Å². The number of hydrogen-bond acceptors (Lipinski definition) is 4. The third-order valence-electron chi connectivity index (χ3n) is 3.49. The lowest BCUT2D eigenvalue weighted by atomic mass is 9.88. The Balaban J connectivity index is 2.06. The fourth-order valence-corrected chi connectivity index (χ4v) is 2.37. The molecule has 0 atom stereocenters. The van der Waals surface area contributed by atoms with Crippen LogP contribution in [0.2, 0.25) is 0 Å². The number of aryl methyl sites for hydroxylation is 1. The van der Waals surface area contributed by atoms with Crippen LogP contribution in [0.3, 0.4) is 0 Å². The predicted octanol–water partition coefficient (Wildman–Crippen LogP) is 2.82. The maximum Gasteiger partial charge on any atom is 0.287 e. The highest BCUT2D eigenvalue weighted by atomic mass is 16.6. The summed E-state index contributed by atoms with van der Waals surface area (Å²) in [7, 11) is 0. The van der Waals surface area contributed by atoms with E-state index in [0.717, 1.165) is 25.7 Å². The Kier molecular flexibility index (Phi) is 4.09. The van der Waals surface area contributed by atoms with Crippen molar-refractivity contribution < 1.29 is 9.72 Å². The molecule has 1 amide bonds. The van der Waals surface area contributed by atoms with Crippen LogP contribution < -0.4 is 5.32 Å². The summed E-state index contributed by atoms with van der Waals surface area (Å²) in [6.07, 6.45) is 6.37. The Morgan fingerprint density at radius 2 is 2.11 bits per heavy atom. The fraction of sp³-hybridized carbons (Fsp3) is 0.538. The van der Waals surface area contributed by atoms with Crippen molar-refractivity contribution in [3.63, 3.8) is 0 Å². The van der Waals surface area contributed by atoms with Crippen LogP contribution >= 0.6 is 0 Å². The molecule has 0 aliphatic heterocycles. The number of carbonyl (C=O) groups excluding carboxylic acids is 1. The smallest absolute Gasteiger partial charge is 0.287 e. The molecule has 0 unspecified atom stereocenters. The maximum atomic E-state index is 12.1. The second-order valence-electron chi connectivity index (χ2n) is 4.94. The molecule has 1 saturated carbocycles. The number of nitrogens with zero attached hydrogens (tertiary/aromatic N) is 2. The molecule has 0 bridgehead atoms. The van der Waals surface area contributed by atoms with E-state index in [1.807, 2.05) is 0 Å². The van der Waals surface area contributed by atoms with Crippen LogP contribution in [0, 0.1) is 23.0 Å². The van der Waals surface area contributed by atoms with Gasteiger partial charge in [-0.3, -0.25) is 14.9 Å². The van der Waals surface area contributed by atoms with Crippen molar-refractivity contribution in [1.82, 2.24) is 4.98 Å². The lowest BCUT2D eigenvalue weighted by molar-refractivity contribution is -0.385. The predicted molar refractivity (Wildman–Crippen MR) is 70.8 cm³/mol. The van der Waals surface area contributed by atoms with Crippen LogP contribution in [0.1, 0.15) is 37.7 Å². The molecule has 0 saturated heterocycles. The van der Waals surface area contributed by atoms with Crippen LogP contribution in [0.5, 0.6) is 0 Å². The van der Waals surface area contributed by atoms with E-state index in [4.69, 9.17) is 0 Å². The minimum atomic E-state index is -0.493. The standard InChI is InChI=1S/C13H17N3O3/c1-9-7-11(16(18)19)8-14-12(9)15-13(17)10-5-3-2-4-6-10/h7-8,10H,2-6H2,1H3,(H,14,15,17). The summed E-state index contributed by atoms with van der Waals surface area (Å²) in [4.78, 5) is 26.1. The first-order valence-electron chi connectivity index (χ1n) is 6.50. The van der Waals surface area contributed by atoms with Crippen LogP contribution in [-0.4, -0.2) is 15.8 Å². The van der Waals surface area contributed by atoms with Gasteiger partial charge in [0, 0.05) is 12.0 Å². The molecule has 1 aliphatic carbocycles. The van der Waals surface area contributed by atoms with Crippen LogP contribution in [0.15, 0.2) is 12.3 Å². The molecule has 1 heterocycles. The third kappa shape index (κ3) is 3.27. The molecule has 6 heteroatoms. The lowest BCUT2D eigenvalue weighted by Crippen LogP contribution is -2.25. The largest absolute Gasteiger partial charge is 0.310 e. The minimum Gasteiger partial charge on any atom is -0.310 e. The Labute approximate surface area is 111 Å². The van der Waals surface area contributed by atoms with Crippen molar-refractivity contribution in [2.75, 3.05) is 5.32 Å². The number of hydrogen-bond donors (Lipinski definition) is 1. The van der Waals surface area contributed by atoms with Crippen molar-refractivity contribution >= 4 is 17.4 Å². The number of nitro groups is 1. The van der Waals surface area contributed by atoms with E-state index in [2.05, 4.69) is 10.3 Å². The molecule has 2 rings (SSSR count). The monoisotopic (exact) mass is 263 g/mol. The molecule has 0 spiro atoms. The molecular formula is C13H17N3O3. The van der Waals surface area contributed by atoms with E-state index in [0.29, 0.717) is 11.4 Å². The SMILES string of the molecule is Cc1cc([N+](=O)[O-])cnc1NC(=O)C1CCCCC1. The molecule has 0 radical (unpaired) electrons. The number of nitrogens with one attached hydrogen (secondary N) is 1. The lowest BCUT2D eigenvalue weighted by Gasteiger charge is -2.20. The summed E-state index contributed by atoms with van der Waals surface area (Å²) < 4.78 is 0. The molecular weight excluding hydrogens is 246 g/mol. The summed E-state index contributed by atoms with van der Waals surface area (Å²) >= 11 is 0. The normalized spacial score (nSPS) is 16.1. The average molecular weight is 263 g/mol. The Morgan fingerprint density at radius 1 is 1.42 bits per heavy atom. The highest BCUT2D eigenvalue weighted by Crippen LogP contribution is 2.25. The molecule has 0 aromatic carbocycles. The maximum absolute atomic E-state index is 12.1. The molecule has 1 aromatic heterocycles. The van der Waals surface area contributed by atoms with Gasteiger partial charge in [-0.1, -0.05) is 19.3 Å². The van der Waals surface area contributed by atoms with Gasteiger partial charge in [-0.25, -0.2) is 4.98 Å². The highest BCUT2D eigenvalue weighted by Gasteiger charge is 2.22. The van der Waals surface area contributed by atoms with Crippen LogP contribution in [-0.2, 0) is 4.79 Å². The second-order valence-corrected chi connectivity index (χ2v) is 4.94. The Morgan fingerprint density at radius 3 is 2.68 bits per heavy atom. The van der Waals surface area contributed by atoms with E-state index in [1.54, 1.807) is 6.92 Å². The van der Waals surface area contributed by atoms with Crippen molar-refractivity contribution in [2.45, 2.75) is 39.0 Å². The first-order valence-corrected chi connectivity index (χ1v) is 6.50. The molecule has 1 fully saturated rings. The molecule has 19 heavy (non-hydrogen) atoms. The zero-order chi connectivity index (χ0) is 13.8. The molecule has 6 nitrogen and oxygen atoms in total. The van der Waals surface area contributed by atoms with E-state index in [-0.39, 0.29) is 17.5 Å². The zero-order valence-corrected chi connectivity index (χ0v) is 10.9. The minimum absolute atomic E-state index is 0.0239. The first-order chi connectivity index (χ1) is 9.08. The van der Waals surface area contributed by atoms with Gasteiger partial charge in [0.1, 0.15) is 12.0 Å². The topological polar surface area (TPSA) is 85.1 Å². The number of aromatic nitrogens is 1. The molecule has 1 aliphatic rings. The number of carbonyl (C=O) groups is 1. The van der Waals surface area contributed by atoms with Crippen molar-refractivity contribution in [3.8, 4) is 0 Å². The Hall–Kier alpha value is -1.98. The van der Waals surface area contributed by atoms with Gasteiger partial charge in [0.15, 0.2) is 0 Å². The fourth-order valence-electron chi connectivity index (χ4n) is 2.37. The first kappa shape index (κ1) is 13.5. The quantitative estimate of drug-likeness (QED) is 0.671. The van der Waals surface area contributed by atoms with Crippen LogP contribution in [0.4, 0.5) is 11.5 Å². The number of anilines is 1. The van der Waals surface area contributed by atoms with E-state index < -0.39 is 4.92 Å². The second kappa shape index (κ2) is 5.77. The summed E-state index contributed by atoms with van der Waals surface area (Å²) in [5, 5.41) is 13.4. The van der Waals surface area contributed by atoms with E-state index in [9.17, 15) is 14.9 Å². The van der Waals surface area contributed by atoms with Crippen LogP contribution in [0.25, 0.3) is 0 Å². The van der Waals surface area contributed by atoms with Crippen molar-refractivity contribution in [3.05, 3.63) is 27.9 Å². The van der Waals surface area contributed by atoms with Gasteiger partial charge >= 0.3 is 0 Å². The zero-order valence-electron chi connectivity index (χ0n) is 10.9. The Bertz CT molecular complexity index is 496. The van der Waals surface area contributed by atoms with Gasteiger partial charge in [-0.05, 0) is 25.3 Å². The van der Waals surface area contributed by atoms with Gasteiger partial charge in [-0.15, -0.1) is 0 Å². The average Bonchev–Trinajstić information content (AvgIpc) is 2.41. The molecule has 1 aromatic rings. The third-order valence-corrected chi connectivity index (χ3v) is 3.49. The number of amides is 1. The summed E-state index contributed by atoms with van der Waals surface area (Å²) in [5.74, 6) is 0.440. The summed E-state index contributed by atoms with van der Waals surface area (Å²) in [5.41, 5.74) is 0.548. The van der Waals surface area contributed by atoms with E-state index >= 15 is 0 Å². The van der Waals surface area contributed by atoms with Gasteiger partial charge in [-0.2, -0.15) is 0 Å². The van der Waals surface area contributed by atoms with Gasteiger partial charge in [0.2, 0.25) is 5.91 Å².